The Balaban J connectivity index is 1.57. The van der Waals surface area contributed by atoms with Crippen molar-refractivity contribution in [1.82, 2.24) is 10.2 Å². The van der Waals surface area contributed by atoms with Crippen molar-refractivity contribution in [2.75, 3.05) is 5.32 Å². The van der Waals surface area contributed by atoms with Gasteiger partial charge in [-0.15, -0.1) is 10.2 Å². The highest BCUT2D eigenvalue weighted by atomic mass is 35.5. The zero-order valence-corrected chi connectivity index (χ0v) is 14.3. The molecule has 0 aliphatic carbocycles. The van der Waals surface area contributed by atoms with E-state index in [1.165, 1.54) is 11.3 Å². The van der Waals surface area contributed by atoms with E-state index < -0.39 is 0 Å². The quantitative estimate of drug-likeness (QED) is 0.527. The van der Waals surface area contributed by atoms with Crippen LogP contribution in [0.4, 0.5) is 5.13 Å². The molecule has 0 fully saturated rings. The first-order chi connectivity index (χ1) is 11.2. The summed E-state index contributed by atoms with van der Waals surface area (Å²) in [6.07, 6.45) is 0. The number of rotatable bonds is 5. The van der Waals surface area contributed by atoms with Gasteiger partial charge in [-0.2, -0.15) is 0 Å². The van der Waals surface area contributed by atoms with Crippen LogP contribution in [0.3, 0.4) is 0 Å². The minimum absolute atomic E-state index is 0.184. The molecule has 4 nitrogen and oxygen atoms in total. The molecule has 2 aromatic carbocycles. The van der Waals surface area contributed by atoms with Gasteiger partial charge in [0.1, 0.15) is 0 Å². The fraction of sp³-hybridized carbons (Fsp3) is 0.0625. The fourth-order valence-electron chi connectivity index (χ4n) is 1.80. The van der Waals surface area contributed by atoms with Gasteiger partial charge in [0.25, 0.3) is 5.91 Å². The predicted molar refractivity (Wildman–Crippen MR) is 95.3 cm³/mol. The number of anilines is 1. The summed E-state index contributed by atoms with van der Waals surface area (Å²) in [5.74, 6) is 0.592. The van der Waals surface area contributed by atoms with Crippen LogP contribution in [-0.4, -0.2) is 16.1 Å². The number of hydrogen-bond acceptors (Lipinski definition) is 5. The molecule has 0 radical (unpaired) electrons. The molecule has 116 valence electrons. The van der Waals surface area contributed by atoms with Crippen LogP contribution in [0.2, 0.25) is 5.02 Å². The summed E-state index contributed by atoms with van der Waals surface area (Å²) in [7, 11) is 0. The number of aromatic nitrogens is 2. The smallest absolute Gasteiger partial charge is 0.257 e. The van der Waals surface area contributed by atoms with E-state index in [9.17, 15) is 4.79 Å². The van der Waals surface area contributed by atoms with Crippen molar-refractivity contribution >= 4 is 45.7 Å². The van der Waals surface area contributed by atoms with Gasteiger partial charge < -0.3 is 0 Å². The summed E-state index contributed by atoms with van der Waals surface area (Å²) in [4.78, 5) is 12.0. The SMILES string of the molecule is O=C(Nc1nnc(SCc2ccc(Cl)cc2)s1)c1ccccc1. The largest absolute Gasteiger partial charge is 0.296 e. The molecule has 1 amide bonds. The second kappa shape index (κ2) is 7.59. The third-order valence-electron chi connectivity index (χ3n) is 2.94. The van der Waals surface area contributed by atoms with Crippen LogP contribution < -0.4 is 5.32 Å². The van der Waals surface area contributed by atoms with Crippen molar-refractivity contribution < 1.29 is 4.79 Å². The third-order valence-corrected chi connectivity index (χ3v) is 5.23. The lowest BCUT2D eigenvalue weighted by Crippen LogP contribution is -2.11. The molecule has 3 rings (SSSR count). The molecule has 1 N–H and O–H groups in total. The number of hydrogen-bond donors (Lipinski definition) is 1. The summed E-state index contributed by atoms with van der Waals surface area (Å²) >= 11 is 8.80. The first kappa shape index (κ1) is 16.0. The zero-order valence-electron chi connectivity index (χ0n) is 11.9. The Morgan fingerprint density at radius 2 is 1.83 bits per heavy atom. The Morgan fingerprint density at radius 3 is 2.57 bits per heavy atom. The van der Waals surface area contributed by atoms with Crippen molar-refractivity contribution in [3.8, 4) is 0 Å². The Kier molecular flexibility index (Phi) is 5.27. The summed E-state index contributed by atoms with van der Waals surface area (Å²) < 4.78 is 0.809. The minimum Gasteiger partial charge on any atom is -0.296 e. The molecule has 0 unspecified atom stereocenters. The molecule has 3 aromatic rings. The highest BCUT2D eigenvalue weighted by molar-refractivity contribution is 8.00. The molecule has 0 aliphatic rings. The van der Waals surface area contributed by atoms with E-state index in [0.717, 1.165) is 20.7 Å². The number of thioether (sulfide) groups is 1. The van der Waals surface area contributed by atoms with E-state index in [1.807, 2.05) is 42.5 Å². The fourth-order valence-corrected chi connectivity index (χ4v) is 3.63. The average molecular weight is 362 g/mol. The number of nitrogens with zero attached hydrogens (tertiary/aromatic N) is 2. The standard InChI is InChI=1S/C16H12ClN3OS2/c17-13-8-6-11(7-9-13)10-22-16-20-19-15(23-16)18-14(21)12-4-2-1-3-5-12/h1-9H,10H2,(H,18,19,21). The molecule has 0 saturated carbocycles. The second-order valence-electron chi connectivity index (χ2n) is 4.61. The number of amides is 1. The van der Waals surface area contributed by atoms with Gasteiger partial charge in [-0.25, -0.2) is 0 Å². The monoisotopic (exact) mass is 361 g/mol. The molecule has 0 atom stereocenters. The summed E-state index contributed by atoms with van der Waals surface area (Å²) in [6.45, 7) is 0. The van der Waals surface area contributed by atoms with Crippen molar-refractivity contribution in [2.45, 2.75) is 10.1 Å². The van der Waals surface area contributed by atoms with Crippen molar-refractivity contribution in [3.05, 3.63) is 70.7 Å². The molecule has 1 aromatic heterocycles. The molecule has 0 spiro atoms. The number of nitrogens with one attached hydrogen (secondary N) is 1. The number of carbonyl (C=O) groups excluding carboxylic acids is 1. The molecule has 0 saturated heterocycles. The van der Waals surface area contributed by atoms with Crippen molar-refractivity contribution in [3.63, 3.8) is 0 Å². The first-order valence-electron chi connectivity index (χ1n) is 6.78. The predicted octanol–water partition coefficient (Wildman–Crippen LogP) is 4.74. The molecular formula is C16H12ClN3OS2. The van der Waals surface area contributed by atoms with Crippen LogP contribution in [0.5, 0.6) is 0 Å². The third kappa shape index (κ3) is 4.54. The Morgan fingerprint density at radius 1 is 1.09 bits per heavy atom. The molecule has 0 aliphatic heterocycles. The van der Waals surface area contributed by atoms with Gasteiger partial charge in [0.2, 0.25) is 5.13 Å². The first-order valence-corrected chi connectivity index (χ1v) is 8.96. The van der Waals surface area contributed by atoms with Crippen molar-refractivity contribution in [1.29, 1.82) is 0 Å². The second-order valence-corrected chi connectivity index (χ2v) is 7.24. The highest BCUT2D eigenvalue weighted by Gasteiger charge is 2.10. The Hall–Kier alpha value is -1.89. The van der Waals surface area contributed by atoms with Crippen molar-refractivity contribution in [2.24, 2.45) is 0 Å². The van der Waals surface area contributed by atoms with Gasteiger partial charge in [0.15, 0.2) is 4.34 Å². The van der Waals surface area contributed by atoms with E-state index >= 15 is 0 Å². The molecular weight excluding hydrogens is 350 g/mol. The number of halogens is 1. The maximum Gasteiger partial charge on any atom is 0.257 e. The van der Waals surface area contributed by atoms with E-state index in [-0.39, 0.29) is 5.91 Å². The number of benzene rings is 2. The minimum atomic E-state index is -0.184. The molecule has 7 heteroatoms. The molecule has 23 heavy (non-hydrogen) atoms. The molecule has 1 heterocycles. The normalized spacial score (nSPS) is 10.5. The van der Waals surface area contributed by atoms with E-state index in [4.69, 9.17) is 11.6 Å². The van der Waals surface area contributed by atoms with Crippen LogP contribution in [-0.2, 0) is 5.75 Å². The highest BCUT2D eigenvalue weighted by Crippen LogP contribution is 2.28. The number of carbonyl (C=O) groups is 1. The van der Waals surface area contributed by atoms with Gasteiger partial charge >= 0.3 is 0 Å². The van der Waals surface area contributed by atoms with Gasteiger partial charge in [-0.05, 0) is 29.8 Å². The van der Waals surface area contributed by atoms with Crippen LogP contribution in [0.15, 0.2) is 58.9 Å². The van der Waals surface area contributed by atoms with Crippen LogP contribution in [0, 0.1) is 0 Å². The topological polar surface area (TPSA) is 54.9 Å². The van der Waals surface area contributed by atoms with E-state index in [2.05, 4.69) is 15.5 Å². The summed E-state index contributed by atoms with van der Waals surface area (Å²) in [6, 6.07) is 16.7. The zero-order chi connectivity index (χ0) is 16.1. The van der Waals surface area contributed by atoms with Gasteiger partial charge in [-0.1, -0.05) is 65.0 Å². The lowest BCUT2D eigenvalue weighted by molar-refractivity contribution is 0.102. The lowest BCUT2D eigenvalue weighted by atomic mass is 10.2. The van der Waals surface area contributed by atoms with Gasteiger partial charge in [-0.3, -0.25) is 10.1 Å². The Bertz CT molecular complexity index is 791. The van der Waals surface area contributed by atoms with Gasteiger partial charge in [0.05, 0.1) is 0 Å². The summed E-state index contributed by atoms with van der Waals surface area (Å²) in [5, 5.41) is 12.1. The van der Waals surface area contributed by atoms with E-state index in [0.29, 0.717) is 10.7 Å². The van der Waals surface area contributed by atoms with Crippen LogP contribution >= 0.6 is 34.7 Å². The van der Waals surface area contributed by atoms with E-state index in [1.54, 1.807) is 23.9 Å². The van der Waals surface area contributed by atoms with Crippen LogP contribution in [0.1, 0.15) is 15.9 Å². The maximum atomic E-state index is 12.0. The average Bonchev–Trinajstić information content (AvgIpc) is 3.02. The lowest BCUT2D eigenvalue weighted by Gasteiger charge is -2.00. The summed E-state index contributed by atoms with van der Waals surface area (Å²) in [5.41, 5.74) is 1.75. The maximum absolute atomic E-state index is 12.0. The molecule has 0 bridgehead atoms. The van der Waals surface area contributed by atoms with Crippen LogP contribution in [0.25, 0.3) is 0 Å². The van der Waals surface area contributed by atoms with Gasteiger partial charge in [0, 0.05) is 16.3 Å². The Labute approximate surface area is 146 Å².